The lowest BCUT2D eigenvalue weighted by Crippen LogP contribution is -2.34. The van der Waals surface area contributed by atoms with Crippen molar-refractivity contribution in [3.8, 4) is 5.69 Å². The van der Waals surface area contributed by atoms with E-state index < -0.39 is 6.98 Å². The third kappa shape index (κ3) is 1.65. The Morgan fingerprint density at radius 3 is 2.83 bits per heavy atom. The molecule has 2 aliphatic heterocycles. The number of imidazole rings is 1. The van der Waals surface area contributed by atoms with E-state index in [1.54, 1.807) is 6.20 Å². The van der Waals surface area contributed by atoms with Gasteiger partial charge in [-0.25, -0.2) is 4.98 Å². The maximum Gasteiger partial charge on any atom is 0.119 e. The van der Waals surface area contributed by atoms with Gasteiger partial charge in [-0.15, -0.1) is 0 Å². The highest BCUT2D eigenvalue weighted by atomic mass is 15.4. The van der Waals surface area contributed by atoms with E-state index in [1.807, 2.05) is 31.3 Å². The molecule has 0 amide bonds. The standard InChI is InChI=1S/C20H20N4/c1-13-8-9-15-12-18-21-16-6-4-5-7-17(16)24(18)20(15)19(13)23-11-10-22(3)14(23)2/h4-11,14H,12H2,1-3H3/t14-/m0/s1/i3D3. The fourth-order valence-corrected chi connectivity index (χ4v) is 3.84. The van der Waals surface area contributed by atoms with E-state index in [-0.39, 0.29) is 6.17 Å². The summed E-state index contributed by atoms with van der Waals surface area (Å²) in [4.78, 5) is 8.29. The Balaban J connectivity index is 1.71. The Kier molecular flexibility index (Phi) is 2.11. The molecule has 3 heterocycles. The van der Waals surface area contributed by atoms with Gasteiger partial charge < -0.3 is 9.80 Å². The zero-order chi connectivity index (χ0) is 18.9. The van der Waals surface area contributed by atoms with Crippen molar-refractivity contribution in [1.29, 1.82) is 0 Å². The van der Waals surface area contributed by atoms with Crippen LogP contribution in [-0.2, 0) is 6.42 Å². The van der Waals surface area contributed by atoms with Gasteiger partial charge in [0.15, 0.2) is 0 Å². The van der Waals surface area contributed by atoms with Crippen LogP contribution in [0.25, 0.3) is 16.7 Å². The molecular formula is C20H20N4. The van der Waals surface area contributed by atoms with Crippen molar-refractivity contribution < 1.29 is 4.11 Å². The largest absolute Gasteiger partial charge is 0.359 e. The molecule has 4 heteroatoms. The molecule has 3 aromatic rings. The molecule has 2 aliphatic rings. The normalized spacial score (nSPS) is 20.9. The minimum Gasteiger partial charge on any atom is -0.359 e. The summed E-state index contributed by atoms with van der Waals surface area (Å²) >= 11 is 0. The van der Waals surface area contributed by atoms with Crippen molar-refractivity contribution in [3.63, 3.8) is 0 Å². The SMILES string of the molecule is [2H]C([2H])([2H])N1C=CN(c2c(C)ccc3c2-n2c(nc4ccccc42)C3)[C@H]1C. The Hall–Kier alpha value is -2.75. The van der Waals surface area contributed by atoms with E-state index in [9.17, 15) is 0 Å². The number of aromatic nitrogens is 2. The second-order valence-electron chi connectivity index (χ2n) is 6.51. The van der Waals surface area contributed by atoms with Crippen molar-refractivity contribution in [1.82, 2.24) is 14.5 Å². The van der Waals surface area contributed by atoms with E-state index in [2.05, 4.69) is 34.6 Å². The van der Waals surface area contributed by atoms with Crippen LogP contribution in [0.5, 0.6) is 0 Å². The number of benzene rings is 2. The lowest BCUT2D eigenvalue weighted by atomic mass is 10.0. The summed E-state index contributed by atoms with van der Waals surface area (Å²) in [5.74, 6) is 1.03. The molecule has 24 heavy (non-hydrogen) atoms. The van der Waals surface area contributed by atoms with Crippen LogP contribution in [0.4, 0.5) is 5.69 Å². The fourth-order valence-electron chi connectivity index (χ4n) is 3.84. The first kappa shape index (κ1) is 10.9. The summed E-state index contributed by atoms with van der Waals surface area (Å²) in [6.07, 6.45) is 4.03. The summed E-state index contributed by atoms with van der Waals surface area (Å²) in [5.41, 5.74) is 6.56. The first-order valence-electron chi connectivity index (χ1n) is 9.70. The second kappa shape index (κ2) is 4.63. The molecular weight excluding hydrogens is 296 g/mol. The summed E-state index contributed by atoms with van der Waals surface area (Å²) in [6, 6.07) is 12.4. The number of rotatable bonds is 1. The molecule has 2 aromatic carbocycles. The monoisotopic (exact) mass is 319 g/mol. The van der Waals surface area contributed by atoms with Crippen molar-refractivity contribution in [2.75, 3.05) is 11.9 Å². The maximum absolute atomic E-state index is 7.79. The highest BCUT2D eigenvalue weighted by molar-refractivity contribution is 5.85. The van der Waals surface area contributed by atoms with Crippen LogP contribution >= 0.6 is 0 Å². The van der Waals surface area contributed by atoms with Crippen LogP contribution < -0.4 is 4.90 Å². The Labute approximate surface area is 145 Å². The molecule has 0 saturated heterocycles. The molecule has 0 N–H and O–H groups in total. The second-order valence-corrected chi connectivity index (χ2v) is 6.51. The number of para-hydroxylation sites is 2. The van der Waals surface area contributed by atoms with Gasteiger partial charge >= 0.3 is 0 Å². The molecule has 0 bridgehead atoms. The zero-order valence-corrected chi connectivity index (χ0v) is 13.7. The molecule has 0 unspecified atom stereocenters. The molecule has 0 spiro atoms. The molecule has 1 aromatic heterocycles. The van der Waals surface area contributed by atoms with E-state index in [1.165, 1.54) is 10.5 Å². The summed E-state index contributed by atoms with van der Waals surface area (Å²) in [7, 11) is 0. The summed E-state index contributed by atoms with van der Waals surface area (Å²) in [6.45, 7) is 1.84. The highest BCUT2D eigenvalue weighted by Gasteiger charge is 2.31. The number of nitrogens with zero attached hydrogens (tertiary/aromatic N) is 4. The van der Waals surface area contributed by atoms with E-state index in [0.29, 0.717) is 0 Å². The van der Waals surface area contributed by atoms with Gasteiger partial charge in [0, 0.05) is 29.9 Å². The van der Waals surface area contributed by atoms with Gasteiger partial charge in [-0.1, -0.05) is 24.3 Å². The number of aryl methyl sites for hydroxylation is 1. The predicted octanol–water partition coefficient (Wildman–Crippen LogP) is 3.81. The molecule has 0 aliphatic carbocycles. The maximum atomic E-state index is 7.79. The topological polar surface area (TPSA) is 24.3 Å². The highest BCUT2D eigenvalue weighted by Crippen LogP contribution is 2.41. The molecule has 0 fully saturated rings. The lowest BCUT2D eigenvalue weighted by molar-refractivity contribution is 0.383. The lowest BCUT2D eigenvalue weighted by Gasteiger charge is -2.30. The Morgan fingerprint density at radius 2 is 2.00 bits per heavy atom. The average Bonchev–Trinajstić information content (AvgIpc) is 3.26. The minimum absolute atomic E-state index is 0.290. The van der Waals surface area contributed by atoms with Gasteiger partial charge in [0.05, 0.1) is 22.4 Å². The van der Waals surface area contributed by atoms with Gasteiger partial charge in [-0.3, -0.25) is 4.57 Å². The van der Waals surface area contributed by atoms with Crippen LogP contribution in [0.3, 0.4) is 0 Å². The van der Waals surface area contributed by atoms with Crippen molar-refractivity contribution >= 4 is 16.7 Å². The van der Waals surface area contributed by atoms with Crippen molar-refractivity contribution in [3.05, 3.63) is 65.7 Å². The van der Waals surface area contributed by atoms with E-state index in [0.717, 1.165) is 40.2 Å². The van der Waals surface area contributed by atoms with Gasteiger partial charge in [-0.2, -0.15) is 0 Å². The molecule has 4 nitrogen and oxygen atoms in total. The van der Waals surface area contributed by atoms with E-state index >= 15 is 0 Å². The van der Waals surface area contributed by atoms with Crippen LogP contribution in [0.1, 0.15) is 28.0 Å². The number of hydrogen-bond donors (Lipinski definition) is 0. The summed E-state index contributed by atoms with van der Waals surface area (Å²) < 4.78 is 25.6. The zero-order valence-electron chi connectivity index (χ0n) is 16.7. The van der Waals surface area contributed by atoms with Gasteiger partial charge in [0.25, 0.3) is 0 Å². The van der Waals surface area contributed by atoms with Crippen LogP contribution in [0, 0.1) is 6.92 Å². The van der Waals surface area contributed by atoms with Crippen LogP contribution in [-0.4, -0.2) is 27.6 Å². The van der Waals surface area contributed by atoms with Gasteiger partial charge in [-0.05, 0) is 37.1 Å². The molecule has 0 radical (unpaired) electrons. The smallest absolute Gasteiger partial charge is 0.119 e. The van der Waals surface area contributed by atoms with Crippen LogP contribution in [0.2, 0.25) is 0 Å². The third-order valence-corrected chi connectivity index (χ3v) is 5.09. The molecule has 0 saturated carbocycles. The van der Waals surface area contributed by atoms with Crippen molar-refractivity contribution in [2.24, 2.45) is 0 Å². The minimum atomic E-state index is -2.16. The Bertz CT molecular complexity index is 1100. The van der Waals surface area contributed by atoms with Crippen LogP contribution in [0.15, 0.2) is 48.8 Å². The predicted molar refractivity (Wildman–Crippen MR) is 97.5 cm³/mol. The first-order chi connectivity index (χ1) is 12.9. The molecule has 5 rings (SSSR count). The fraction of sp³-hybridized carbons (Fsp3) is 0.250. The molecule has 120 valence electrons. The van der Waals surface area contributed by atoms with E-state index in [4.69, 9.17) is 9.10 Å². The van der Waals surface area contributed by atoms with Gasteiger partial charge in [0.2, 0.25) is 0 Å². The third-order valence-electron chi connectivity index (χ3n) is 5.09. The van der Waals surface area contributed by atoms with Crippen molar-refractivity contribution in [2.45, 2.75) is 26.4 Å². The number of hydrogen-bond acceptors (Lipinski definition) is 3. The van der Waals surface area contributed by atoms with Gasteiger partial charge in [0.1, 0.15) is 12.0 Å². The molecule has 1 atom stereocenters. The Morgan fingerprint density at radius 1 is 1.12 bits per heavy atom. The first-order valence-corrected chi connectivity index (χ1v) is 8.20. The number of fused-ring (bicyclic) bond motifs is 5. The average molecular weight is 319 g/mol. The number of anilines is 1. The summed E-state index contributed by atoms with van der Waals surface area (Å²) in [5, 5.41) is 0. The quantitative estimate of drug-likeness (QED) is 0.533.